The maximum atomic E-state index is 13.6. The number of carbonyl (C=O) groups is 1. The number of amides is 1. The maximum absolute atomic E-state index is 13.6. The van der Waals surface area contributed by atoms with Crippen molar-refractivity contribution in [2.24, 2.45) is 0 Å². The monoisotopic (exact) mass is 506 g/mol. The Hall–Kier alpha value is -3.92. The van der Waals surface area contributed by atoms with Gasteiger partial charge in [-0.15, -0.1) is 0 Å². The van der Waals surface area contributed by atoms with Crippen LogP contribution in [0.3, 0.4) is 0 Å². The normalized spacial score (nSPS) is 13.7. The van der Waals surface area contributed by atoms with Gasteiger partial charge in [0.25, 0.3) is 11.5 Å². The molecule has 1 aliphatic heterocycles. The van der Waals surface area contributed by atoms with Crippen LogP contribution in [0.1, 0.15) is 35.5 Å². The van der Waals surface area contributed by atoms with Crippen LogP contribution in [0.2, 0.25) is 0 Å². The van der Waals surface area contributed by atoms with Crippen LogP contribution in [-0.2, 0) is 22.8 Å². The molecule has 0 spiro atoms. The molecule has 5 rings (SSSR count). The van der Waals surface area contributed by atoms with E-state index in [-0.39, 0.29) is 28.9 Å². The molecule has 0 atom stereocenters. The van der Waals surface area contributed by atoms with Crippen molar-refractivity contribution in [2.75, 3.05) is 18.1 Å². The van der Waals surface area contributed by atoms with E-state index in [4.69, 9.17) is 9.40 Å². The van der Waals surface area contributed by atoms with Crippen molar-refractivity contribution in [1.29, 1.82) is 0 Å². The summed E-state index contributed by atoms with van der Waals surface area (Å²) in [7, 11) is -3.36. The van der Waals surface area contributed by atoms with Crippen LogP contribution in [0.4, 0.5) is 5.95 Å². The van der Waals surface area contributed by atoms with Crippen molar-refractivity contribution in [1.82, 2.24) is 14.5 Å². The SMILES string of the molecule is CC(C)Nc1nc2c(c(=O)n1-c1ccc(S(C)(=O)=O)cc1)CCN(C(=O)c1ccc3occc3c1)C2. The zero-order chi connectivity index (χ0) is 25.6. The van der Waals surface area contributed by atoms with E-state index in [9.17, 15) is 18.0 Å². The first-order valence-corrected chi connectivity index (χ1v) is 13.5. The molecule has 2 aromatic heterocycles. The number of nitrogens with one attached hydrogen (secondary N) is 1. The molecule has 0 bridgehead atoms. The first-order valence-electron chi connectivity index (χ1n) is 11.6. The molecule has 0 aliphatic carbocycles. The molecule has 0 radical (unpaired) electrons. The summed E-state index contributed by atoms with van der Waals surface area (Å²) in [6, 6.07) is 13.3. The van der Waals surface area contributed by atoms with Crippen molar-refractivity contribution in [2.45, 2.75) is 37.8 Å². The smallest absolute Gasteiger partial charge is 0.263 e. The number of hydrogen-bond acceptors (Lipinski definition) is 7. The number of benzene rings is 2. The predicted molar refractivity (Wildman–Crippen MR) is 136 cm³/mol. The predicted octanol–water partition coefficient (Wildman–Crippen LogP) is 3.40. The molecule has 2 aromatic carbocycles. The highest BCUT2D eigenvalue weighted by molar-refractivity contribution is 7.90. The van der Waals surface area contributed by atoms with Gasteiger partial charge >= 0.3 is 0 Å². The minimum atomic E-state index is -3.36. The molecule has 3 heterocycles. The van der Waals surface area contributed by atoms with Crippen LogP contribution < -0.4 is 10.9 Å². The molecule has 9 nitrogen and oxygen atoms in total. The van der Waals surface area contributed by atoms with Crippen LogP contribution >= 0.6 is 0 Å². The Labute approximate surface area is 208 Å². The average Bonchev–Trinajstić information content (AvgIpc) is 3.30. The van der Waals surface area contributed by atoms with Crippen molar-refractivity contribution < 1.29 is 17.6 Å². The highest BCUT2D eigenvalue weighted by atomic mass is 32.2. The third kappa shape index (κ3) is 4.39. The first kappa shape index (κ1) is 23.8. The minimum absolute atomic E-state index is 0.0143. The van der Waals surface area contributed by atoms with Gasteiger partial charge < -0.3 is 14.6 Å². The molecule has 1 N–H and O–H groups in total. The minimum Gasteiger partial charge on any atom is -0.464 e. The quantitative estimate of drug-likeness (QED) is 0.441. The lowest BCUT2D eigenvalue weighted by atomic mass is 10.0. The third-order valence-corrected chi connectivity index (χ3v) is 7.29. The lowest BCUT2D eigenvalue weighted by Crippen LogP contribution is -2.41. The number of nitrogens with zero attached hydrogens (tertiary/aromatic N) is 3. The van der Waals surface area contributed by atoms with Gasteiger partial charge in [0.05, 0.1) is 29.1 Å². The zero-order valence-corrected chi connectivity index (χ0v) is 21.0. The van der Waals surface area contributed by atoms with E-state index in [2.05, 4.69) is 5.32 Å². The second-order valence-corrected chi connectivity index (χ2v) is 11.2. The van der Waals surface area contributed by atoms with Gasteiger partial charge in [-0.3, -0.25) is 9.59 Å². The number of rotatable bonds is 5. The molecule has 0 saturated heterocycles. The van der Waals surface area contributed by atoms with Crippen LogP contribution in [-0.4, -0.2) is 47.6 Å². The molecule has 4 aromatic rings. The molecule has 1 aliphatic rings. The van der Waals surface area contributed by atoms with Crippen LogP contribution in [0.15, 0.2) is 68.9 Å². The summed E-state index contributed by atoms with van der Waals surface area (Å²) in [6.07, 6.45) is 3.09. The molecule has 36 heavy (non-hydrogen) atoms. The Morgan fingerprint density at radius 1 is 1.11 bits per heavy atom. The van der Waals surface area contributed by atoms with Gasteiger partial charge in [-0.05, 0) is 68.8 Å². The molecule has 0 saturated carbocycles. The van der Waals surface area contributed by atoms with Gasteiger partial charge in [0.15, 0.2) is 9.84 Å². The van der Waals surface area contributed by atoms with Crippen LogP contribution in [0.5, 0.6) is 0 Å². The molecule has 0 fully saturated rings. The second kappa shape index (κ2) is 8.94. The lowest BCUT2D eigenvalue weighted by Gasteiger charge is -2.29. The van der Waals surface area contributed by atoms with Gasteiger partial charge in [-0.25, -0.2) is 18.0 Å². The van der Waals surface area contributed by atoms with Crippen LogP contribution in [0.25, 0.3) is 16.7 Å². The summed E-state index contributed by atoms with van der Waals surface area (Å²) in [4.78, 5) is 33.5. The van der Waals surface area contributed by atoms with E-state index in [0.717, 1.165) is 11.6 Å². The van der Waals surface area contributed by atoms with Crippen molar-refractivity contribution >= 4 is 32.7 Å². The van der Waals surface area contributed by atoms with E-state index in [0.29, 0.717) is 47.0 Å². The summed E-state index contributed by atoms with van der Waals surface area (Å²) in [5.41, 5.74) is 2.64. The third-order valence-electron chi connectivity index (χ3n) is 6.16. The van der Waals surface area contributed by atoms with Gasteiger partial charge in [0.1, 0.15) is 5.58 Å². The number of hydrogen-bond donors (Lipinski definition) is 1. The Balaban J connectivity index is 1.52. The Kier molecular flexibility index (Phi) is 5.91. The largest absolute Gasteiger partial charge is 0.464 e. The zero-order valence-electron chi connectivity index (χ0n) is 20.2. The molecule has 0 unspecified atom stereocenters. The number of fused-ring (bicyclic) bond motifs is 2. The Bertz CT molecular complexity index is 1640. The fraction of sp³-hybridized carbons (Fsp3) is 0.269. The van der Waals surface area contributed by atoms with E-state index in [1.165, 1.54) is 16.7 Å². The number of furan rings is 1. The first-order chi connectivity index (χ1) is 17.1. The topological polar surface area (TPSA) is 115 Å². The molecular weight excluding hydrogens is 480 g/mol. The van der Waals surface area contributed by atoms with Crippen molar-refractivity contribution in [3.05, 3.63) is 82.0 Å². The lowest BCUT2D eigenvalue weighted by molar-refractivity contribution is 0.0731. The van der Waals surface area contributed by atoms with E-state index < -0.39 is 9.84 Å². The van der Waals surface area contributed by atoms with Gasteiger partial charge in [0.2, 0.25) is 5.95 Å². The summed E-state index contributed by atoms with van der Waals surface area (Å²) in [5.74, 6) is 0.208. The highest BCUT2D eigenvalue weighted by Crippen LogP contribution is 2.24. The molecule has 186 valence electrons. The summed E-state index contributed by atoms with van der Waals surface area (Å²) in [5, 5.41) is 4.07. The Morgan fingerprint density at radius 2 is 1.86 bits per heavy atom. The van der Waals surface area contributed by atoms with Gasteiger partial charge in [0, 0.05) is 35.4 Å². The standard InChI is InChI=1S/C26H26N4O5S/c1-16(2)27-26-28-22-15-29(24(31)18-4-9-23-17(14-18)11-13-35-23)12-10-21(22)25(32)30(26)19-5-7-20(8-6-19)36(3,33)34/h4-9,11,13-14,16H,10,12,15H2,1-3H3,(H,27,28). The van der Waals surface area contributed by atoms with Gasteiger partial charge in [-0.2, -0.15) is 0 Å². The van der Waals surface area contributed by atoms with E-state index in [1.807, 2.05) is 19.9 Å². The van der Waals surface area contributed by atoms with Crippen molar-refractivity contribution in [3.8, 4) is 5.69 Å². The number of carbonyl (C=O) groups excluding carboxylic acids is 1. The molecular formula is C26H26N4O5S. The molecule has 1 amide bonds. The summed E-state index contributed by atoms with van der Waals surface area (Å²) >= 11 is 0. The summed E-state index contributed by atoms with van der Waals surface area (Å²) in [6.45, 7) is 4.47. The number of anilines is 1. The fourth-order valence-electron chi connectivity index (χ4n) is 4.38. The van der Waals surface area contributed by atoms with Gasteiger partial charge in [-0.1, -0.05) is 0 Å². The van der Waals surface area contributed by atoms with E-state index >= 15 is 0 Å². The van der Waals surface area contributed by atoms with Crippen LogP contribution in [0, 0.1) is 0 Å². The fourth-order valence-corrected chi connectivity index (χ4v) is 5.01. The second-order valence-electron chi connectivity index (χ2n) is 9.22. The summed E-state index contributed by atoms with van der Waals surface area (Å²) < 4.78 is 30.6. The average molecular weight is 507 g/mol. The Morgan fingerprint density at radius 3 is 2.56 bits per heavy atom. The number of sulfone groups is 1. The number of aromatic nitrogens is 2. The maximum Gasteiger partial charge on any atom is 0.263 e. The highest BCUT2D eigenvalue weighted by Gasteiger charge is 2.27. The molecule has 10 heteroatoms. The van der Waals surface area contributed by atoms with E-state index in [1.54, 1.807) is 41.5 Å². The van der Waals surface area contributed by atoms with Crippen molar-refractivity contribution in [3.63, 3.8) is 0 Å².